The molecule has 1 unspecified atom stereocenters. The number of ketones is 1. The lowest BCUT2D eigenvalue weighted by Gasteiger charge is -2.35. The number of allylic oxidation sites excluding steroid dienone is 1. The van der Waals surface area contributed by atoms with Gasteiger partial charge in [-0.05, 0) is 43.0 Å². The molecule has 2 aliphatic rings. The summed E-state index contributed by atoms with van der Waals surface area (Å²) in [6.45, 7) is 5.04. The quantitative estimate of drug-likeness (QED) is 0.728. The Morgan fingerprint density at radius 1 is 1.09 bits per heavy atom. The van der Waals surface area contributed by atoms with Crippen molar-refractivity contribution in [3.05, 3.63) is 76.8 Å². The number of hydrogen-bond donors (Lipinski definition) is 1. The Kier molecular flexibility index (Phi) is 5.62. The SMILES string of the molecule is Cc1ccc(C(=O)NC2(C(F)(F)F)C(=O)N(Cc3ccccn3)C3=C2C(=O)CC(C)(C)C3)cc1. The van der Waals surface area contributed by atoms with Crippen molar-refractivity contribution >= 4 is 17.6 Å². The molecule has 0 saturated carbocycles. The van der Waals surface area contributed by atoms with E-state index in [1.54, 1.807) is 51.1 Å². The third-order valence-corrected chi connectivity index (χ3v) is 6.21. The van der Waals surface area contributed by atoms with E-state index >= 15 is 0 Å². The molecule has 1 N–H and O–H groups in total. The summed E-state index contributed by atoms with van der Waals surface area (Å²) in [7, 11) is 0. The molecule has 1 aromatic carbocycles. The molecule has 2 aromatic rings. The second-order valence-corrected chi connectivity index (χ2v) is 9.54. The van der Waals surface area contributed by atoms with Crippen LogP contribution in [0.3, 0.4) is 0 Å². The number of aryl methyl sites for hydroxylation is 1. The minimum atomic E-state index is -5.25. The summed E-state index contributed by atoms with van der Waals surface area (Å²) in [5, 5.41) is 1.94. The number of amides is 2. The normalized spacial score (nSPS) is 22.1. The van der Waals surface area contributed by atoms with Crippen molar-refractivity contribution in [3.8, 4) is 0 Å². The minimum absolute atomic E-state index is 0.0153. The molecule has 1 aliphatic heterocycles. The van der Waals surface area contributed by atoms with Crippen molar-refractivity contribution in [2.45, 2.75) is 51.9 Å². The standard InChI is InChI=1S/C25H24F3N3O3/c1-15-7-9-16(10-8-15)21(33)30-24(25(26,27)28)20-18(12-23(2,3)13-19(20)32)31(22(24)34)14-17-6-4-5-11-29-17/h4-11H,12-14H2,1-3H3,(H,30,33). The van der Waals surface area contributed by atoms with Crippen molar-refractivity contribution in [3.63, 3.8) is 0 Å². The largest absolute Gasteiger partial charge is 0.425 e. The molecule has 0 fully saturated rings. The van der Waals surface area contributed by atoms with E-state index in [4.69, 9.17) is 0 Å². The summed E-state index contributed by atoms with van der Waals surface area (Å²) in [5.74, 6) is -3.29. The zero-order chi connectivity index (χ0) is 24.9. The molecular weight excluding hydrogens is 447 g/mol. The molecule has 2 heterocycles. The summed E-state index contributed by atoms with van der Waals surface area (Å²) in [6.07, 6.45) is -3.88. The number of rotatable bonds is 4. The van der Waals surface area contributed by atoms with Crippen LogP contribution in [-0.2, 0) is 16.1 Å². The molecule has 6 nitrogen and oxygen atoms in total. The molecule has 0 spiro atoms. The molecule has 2 amide bonds. The highest BCUT2D eigenvalue weighted by molar-refractivity contribution is 6.14. The van der Waals surface area contributed by atoms with E-state index in [1.807, 2.05) is 5.32 Å². The van der Waals surface area contributed by atoms with E-state index in [1.165, 1.54) is 18.3 Å². The van der Waals surface area contributed by atoms with Gasteiger partial charge in [-0.25, -0.2) is 0 Å². The van der Waals surface area contributed by atoms with E-state index in [-0.39, 0.29) is 30.6 Å². The number of carbonyl (C=O) groups excluding carboxylic acids is 3. The Labute approximate surface area is 194 Å². The highest BCUT2D eigenvalue weighted by Crippen LogP contribution is 2.52. The van der Waals surface area contributed by atoms with Crippen molar-refractivity contribution < 1.29 is 27.6 Å². The first kappa shape index (κ1) is 23.7. The smallest absolute Gasteiger partial charge is 0.326 e. The lowest BCUT2D eigenvalue weighted by Crippen LogP contribution is -2.66. The van der Waals surface area contributed by atoms with Crippen LogP contribution in [-0.4, -0.2) is 39.2 Å². The molecule has 0 saturated heterocycles. The Morgan fingerprint density at radius 3 is 2.35 bits per heavy atom. The molecular formula is C25H24F3N3O3. The van der Waals surface area contributed by atoms with Gasteiger partial charge in [-0.15, -0.1) is 0 Å². The highest BCUT2D eigenvalue weighted by Gasteiger charge is 2.71. The van der Waals surface area contributed by atoms with Gasteiger partial charge in [0.1, 0.15) is 0 Å². The zero-order valence-corrected chi connectivity index (χ0v) is 19.0. The van der Waals surface area contributed by atoms with E-state index < -0.39 is 40.3 Å². The molecule has 1 atom stereocenters. The Hall–Kier alpha value is -3.49. The lowest BCUT2D eigenvalue weighted by atomic mass is 9.72. The summed E-state index contributed by atoms with van der Waals surface area (Å²) in [4.78, 5) is 44.8. The van der Waals surface area contributed by atoms with Crippen LogP contribution in [0.4, 0.5) is 13.2 Å². The van der Waals surface area contributed by atoms with E-state index in [0.29, 0.717) is 5.69 Å². The third kappa shape index (κ3) is 3.89. The Morgan fingerprint density at radius 2 is 1.76 bits per heavy atom. The van der Waals surface area contributed by atoms with Crippen LogP contribution < -0.4 is 5.32 Å². The minimum Gasteiger partial charge on any atom is -0.326 e. The molecule has 1 aliphatic carbocycles. The van der Waals surface area contributed by atoms with Crippen molar-refractivity contribution in [1.82, 2.24) is 15.2 Å². The highest BCUT2D eigenvalue weighted by atomic mass is 19.4. The number of carbonyl (C=O) groups is 3. The van der Waals surface area contributed by atoms with Gasteiger partial charge in [0.2, 0.25) is 5.54 Å². The number of hydrogen-bond acceptors (Lipinski definition) is 4. The van der Waals surface area contributed by atoms with Crippen LogP contribution in [0.25, 0.3) is 0 Å². The van der Waals surface area contributed by atoms with Gasteiger partial charge in [-0.3, -0.25) is 19.4 Å². The molecule has 1 aromatic heterocycles. The van der Waals surface area contributed by atoms with Crippen LogP contribution in [0, 0.1) is 12.3 Å². The Bertz CT molecular complexity index is 1190. The first-order valence-electron chi connectivity index (χ1n) is 10.8. The van der Waals surface area contributed by atoms with Crippen LogP contribution >= 0.6 is 0 Å². The fourth-order valence-electron chi connectivity index (χ4n) is 4.59. The fourth-order valence-corrected chi connectivity index (χ4v) is 4.59. The van der Waals surface area contributed by atoms with Gasteiger partial charge in [-0.1, -0.05) is 37.6 Å². The lowest BCUT2D eigenvalue weighted by molar-refractivity contribution is -0.190. The van der Waals surface area contributed by atoms with Gasteiger partial charge in [0.25, 0.3) is 11.8 Å². The fraction of sp³-hybridized carbons (Fsp3) is 0.360. The molecule has 9 heteroatoms. The number of aromatic nitrogens is 1. The van der Waals surface area contributed by atoms with Crippen molar-refractivity contribution in [1.29, 1.82) is 0 Å². The third-order valence-electron chi connectivity index (χ3n) is 6.21. The van der Waals surface area contributed by atoms with Gasteiger partial charge < -0.3 is 10.2 Å². The predicted octanol–water partition coefficient (Wildman–Crippen LogP) is 4.11. The second-order valence-electron chi connectivity index (χ2n) is 9.54. The van der Waals surface area contributed by atoms with Gasteiger partial charge in [0.15, 0.2) is 5.78 Å². The first-order chi connectivity index (χ1) is 15.9. The molecule has 34 heavy (non-hydrogen) atoms. The topological polar surface area (TPSA) is 79.4 Å². The van der Waals surface area contributed by atoms with E-state index in [0.717, 1.165) is 10.5 Å². The van der Waals surface area contributed by atoms with Crippen LogP contribution in [0.2, 0.25) is 0 Å². The average Bonchev–Trinajstić information content (AvgIpc) is 2.97. The average molecular weight is 471 g/mol. The maximum Gasteiger partial charge on any atom is 0.425 e. The number of nitrogens with one attached hydrogen (secondary N) is 1. The maximum atomic E-state index is 14.8. The van der Waals surface area contributed by atoms with Crippen molar-refractivity contribution in [2.24, 2.45) is 5.41 Å². The van der Waals surface area contributed by atoms with Crippen LogP contribution in [0.5, 0.6) is 0 Å². The molecule has 0 radical (unpaired) electrons. The summed E-state index contributed by atoms with van der Waals surface area (Å²) >= 11 is 0. The number of alkyl halides is 3. The van der Waals surface area contributed by atoms with Gasteiger partial charge in [0.05, 0.1) is 17.8 Å². The van der Waals surface area contributed by atoms with Crippen molar-refractivity contribution in [2.75, 3.05) is 0 Å². The maximum absolute atomic E-state index is 14.8. The second kappa shape index (κ2) is 8.07. The molecule has 178 valence electrons. The van der Waals surface area contributed by atoms with Gasteiger partial charge >= 0.3 is 6.18 Å². The van der Waals surface area contributed by atoms with Crippen LogP contribution in [0.15, 0.2) is 59.9 Å². The van der Waals surface area contributed by atoms with Crippen LogP contribution in [0.1, 0.15) is 48.3 Å². The monoisotopic (exact) mass is 471 g/mol. The van der Waals surface area contributed by atoms with E-state index in [9.17, 15) is 27.6 Å². The van der Waals surface area contributed by atoms with Gasteiger partial charge in [-0.2, -0.15) is 13.2 Å². The number of pyridine rings is 1. The number of nitrogens with zero attached hydrogens (tertiary/aromatic N) is 2. The first-order valence-corrected chi connectivity index (χ1v) is 10.8. The van der Waals surface area contributed by atoms with Gasteiger partial charge in [0, 0.05) is 23.9 Å². The number of halogens is 3. The summed E-state index contributed by atoms with van der Waals surface area (Å²) in [5.41, 5.74) is -3.69. The van der Waals surface area contributed by atoms with E-state index in [2.05, 4.69) is 4.98 Å². The summed E-state index contributed by atoms with van der Waals surface area (Å²) < 4.78 is 44.4. The zero-order valence-electron chi connectivity index (χ0n) is 19.0. The number of benzene rings is 1. The number of Topliss-reactive ketones (excluding diaryl/α,β-unsaturated/α-hetero) is 1. The summed E-state index contributed by atoms with van der Waals surface area (Å²) in [6, 6.07) is 10.8. The Balaban J connectivity index is 1.86. The molecule has 4 rings (SSSR count). The molecule has 0 bridgehead atoms. The predicted molar refractivity (Wildman–Crippen MR) is 117 cm³/mol.